The van der Waals surface area contributed by atoms with Crippen molar-refractivity contribution >= 4 is 23.2 Å². The summed E-state index contributed by atoms with van der Waals surface area (Å²) in [5.74, 6) is -3.77. The third kappa shape index (κ3) is 3.57. The molecule has 1 unspecified atom stereocenters. The number of benzene rings is 1. The molecule has 0 aromatic heterocycles. The third-order valence-electron chi connectivity index (χ3n) is 3.45. The number of aliphatic hydroxyl groups is 1. The molecule has 0 amide bonds. The van der Waals surface area contributed by atoms with Crippen LogP contribution in [0.4, 0.5) is 8.78 Å². The summed E-state index contributed by atoms with van der Waals surface area (Å²) in [5, 5.41) is 9.98. The first kappa shape index (κ1) is 15.0. The van der Waals surface area contributed by atoms with E-state index in [1.165, 1.54) is 0 Å². The van der Waals surface area contributed by atoms with Gasteiger partial charge in [0.15, 0.2) is 0 Å². The van der Waals surface area contributed by atoms with Gasteiger partial charge in [0.25, 0.3) is 5.92 Å². The second kappa shape index (κ2) is 5.92. The van der Waals surface area contributed by atoms with E-state index < -0.39 is 18.4 Å². The highest BCUT2D eigenvalue weighted by molar-refractivity contribution is 6.42. The molecule has 1 heterocycles. The summed E-state index contributed by atoms with van der Waals surface area (Å²) in [7, 11) is 0. The van der Waals surface area contributed by atoms with Crippen LogP contribution in [0.25, 0.3) is 0 Å². The Hall–Kier alpha value is -0.420. The number of rotatable bonds is 3. The fraction of sp³-hybridized carbons (Fsp3) is 0.538. The van der Waals surface area contributed by atoms with Gasteiger partial charge in [0.2, 0.25) is 0 Å². The molecule has 0 aliphatic carbocycles. The minimum absolute atomic E-state index is 0.184. The number of aliphatic hydroxyl groups excluding tert-OH is 1. The molecule has 19 heavy (non-hydrogen) atoms. The molecular weight excluding hydrogens is 295 g/mol. The van der Waals surface area contributed by atoms with Gasteiger partial charge in [-0.25, -0.2) is 8.78 Å². The zero-order chi connectivity index (χ0) is 14.0. The number of hydrogen-bond donors (Lipinski definition) is 1. The summed E-state index contributed by atoms with van der Waals surface area (Å²) >= 11 is 11.8. The second-order valence-corrected chi connectivity index (χ2v) is 5.69. The molecule has 6 heteroatoms. The van der Waals surface area contributed by atoms with Gasteiger partial charge < -0.3 is 5.11 Å². The first-order valence-electron chi connectivity index (χ1n) is 6.07. The minimum Gasteiger partial charge on any atom is -0.396 e. The number of nitrogens with zero attached hydrogens (tertiary/aromatic N) is 1. The highest BCUT2D eigenvalue weighted by Crippen LogP contribution is 2.34. The molecule has 1 saturated heterocycles. The van der Waals surface area contributed by atoms with E-state index in [-0.39, 0.29) is 13.0 Å². The van der Waals surface area contributed by atoms with Crippen molar-refractivity contribution in [2.45, 2.75) is 18.9 Å². The Balaban J connectivity index is 2.02. The van der Waals surface area contributed by atoms with Crippen molar-refractivity contribution < 1.29 is 13.9 Å². The highest BCUT2D eigenvalue weighted by atomic mass is 35.5. The van der Waals surface area contributed by atoms with Crippen LogP contribution in [0.3, 0.4) is 0 Å². The maximum atomic E-state index is 13.5. The van der Waals surface area contributed by atoms with Crippen LogP contribution in [0, 0.1) is 5.92 Å². The Morgan fingerprint density at radius 2 is 2.05 bits per heavy atom. The first-order chi connectivity index (χ1) is 8.92. The van der Waals surface area contributed by atoms with Crippen molar-refractivity contribution in [1.82, 2.24) is 4.90 Å². The fourth-order valence-electron chi connectivity index (χ4n) is 2.28. The van der Waals surface area contributed by atoms with E-state index in [0.29, 0.717) is 23.1 Å². The molecule has 1 fully saturated rings. The summed E-state index contributed by atoms with van der Waals surface area (Å²) in [5.41, 5.74) is 0.927. The van der Waals surface area contributed by atoms with Crippen molar-refractivity contribution in [3.05, 3.63) is 33.8 Å². The zero-order valence-corrected chi connectivity index (χ0v) is 11.8. The normalized spacial score (nSPS) is 23.5. The lowest BCUT2D eigenvalue weighted by Crippen LogP contribution is -2.48. The Morgan fingerprint density at radius 3 is 2.68 bits per heavy atom. The Labute approximate surface area is 120 Å². The summed E-state index contributed by atoms with van der Waals surface area (Å²) in [6.45, 7) is 0.530. The highest BCUT2D eigenvalue weighted by Gasteiger charge is 2.43. The lowest BCUT2D eigenvalue weighted by molar-refractivity contribution is -0.121. The molecule has 1 aromatic carbocycles. The van der Waals surface area contributed by atoms with E-state index in [1.807, 2.05) is 11.0 Å². The fourth-order valence-corrected chi connectivity index (χ4v) is 2.60. The summed E-state index contributed by atoms with van der Waals surface area (Å²) < 4.78 is 26.9. The average Bonchev–Trinajstić information content (AvgIpc) is 2.36. The predicted molar refractivity (Wildman–Crippen MR) is 71.9 cm³/mol. The number of alkyl halides is 2. The van der Waals surface area contributed by atoms with Crippen molar-refractivity contribution in [2.24, 2.45) is 5.92 Å². The van der Waals surface area contributed by atoms with Crippen LogP contribution in [-0.4, -0.2) is 35.6 Å². The minimum atomic E-state index is -2.77. The van der Waals surface area contributed by atoms with Crippen molar-refractivity contribution in [3.8, 4) is 0 Å². The summed E-state index contributed by atoms with van der Waals surface area (Å²) in [4.78, 5) is 1.90. The van der Waals surface area contributed by atoms with Crippen LogP contribution in [0.2, 0.25) is 10.0 Å². The molecule has 1 aromatic rings. The van der Waals surface area contributed by atoms with Gasteiger partial charge in [-0.1, -0.05) is 29.3 Å². The molecule has 1 N–H and O–H groups in total. The van der Waals surface area contributed by atoms with E-state index in [9.17, 15) is 8.78 Å². The van der Waals surface area contributed by atoms with Crippen molar-refractivity contribution in [2.75, 3.05) is 19.7 Å². The quantitative estimate of drug-likeness (QED) is 0.924. The van der Waals surface area contributed by atoms with Gasteiger partial charge in [-0.3, -0.25) is 4.90 Å². The van der Waals surface area contributed by atoms with Crippen LogP contribution in [-0.2, 0) is 6.54 Å². The molecular formula is C13H15Cl2F2NO. The lowest BCUT2D eigenvalue weighted by Gasteiger charge is -2.37. The number of likely N-dealkylation sites (tertiary alicyclic amines) is 1. The Morgan fingerprint density at radius 1 is 1.32 bits per heavy atom. The maximum absolute atomic E-state index is 13.5. The zero-order valence-electron chi connectivity index (χ0n) is 10.3. The first-order valence-corrected chi connectivity index (χ1v) is 6.83. The molecule has 2 rings (SSSR count). The van der Waals surface area contributed by atoms with E-state index in [1.54, 1.807) is 12.1 Å². The maximum Gasteiger partial charge on any atom is 0.255 e. The predicted octanol–water partition coefficient (Wildman–Crippen LogP) is 3.44. The Kier molecular flexibility index (Phi) is 4.66. The topological polar surface area (TPSA) is 23.5 Å². The van der Waals surface area contributed by atoms with Crippen LogP contribution in [0.5, 0.6) is 0 Å². The molecule has 0 radical (unpaired) electrons. The smallest absolute Gasteiger partial charge is 0.255 e. The molecule has 0 spiro atoms. The SMILES string of the molecule is OCC1CN(Cc2ccc(Cl)c(Cl)c2)CCC1(F)F. The molecule has 106 valence electrons. The van der Waals surface area contributed by atoms with E-state index >= 15 is 0 Å². The van der Waals surface area contributed by atoms with Gasteiger partial charge in [0.1, 0.15) is 0 Å². The Bertz CT molecular complexity index is 456. The largest absolute Gasteiger partial charge is 0.396 e. The van der Waals surface area contributed by atoms with Crippen LogP contribution in [0.1, 0.15) is 12.0 Å². The van der Waals surface area contributed by atoms with Crippen molar-refractivity contribution in [1.29, 1.82) is 0 Å². The molecule has 1 aliphatic heterocycles. The number of halogens is 4. The van der Waals surface area contributed by atoms with Gasteiger partial charge in [-0.05, 0) is 17.7 Å². The molecule has 0 bridgehead atoms. The third-order valence-corrected chi connectivity index (χ3v) is 4.19. The van der Waals surface area contributed by atoms with Gasteiger partial charge >= 0.3 is 0 Å². The summed E-state index contributed by atoms with van der Waals surface area (Å²) in [6, 6.07) is 5.26. The van der Waals surface area contributed by atoms with Crippen LogP contribution >= 0.6 is 23.2 Å². The van der Waals surface area contributed by atoms with Gasteiger partial charge in [0.05, 0.1) is 22.6 Å². The lowest BCUT2D eigenvalue weighted by atomic mass is 9.94. The van der Waals surface area contributed by atoms with Crippen LogP contribution in [0.15, 0.2) is 18.2 Å². The second-order valence-electron chi connectivity index (χ2n) is 4.87. The molecule has 1 atom stereocenters. The van der Waals surface area contributed by atoms with Gasteiger partial charge in [0, 0.05) is 26.1 Å². The molecule has 1 aliphatic rings. The van der Waals surface area contributed by atoms with Gasteiger partial charge in [-0.2, -0.15) is 0 Å². The monoisotopic (exact) mass is 309 g/mol. The van der Waals surface area contributed by atoms with Gasteiger partial charge in [-0.15, -0.1) is 0 Å². The van der Waals surface area contributed by atoms with E-state index in [2.05, 4.69) is 0 Å². The van der Waals surface area contributed by atoms with E-state index in [4.69, 9.17) is 28.3 Å². The molecule has 0 saturated carbocycles. The van der Waals surface area contributed by atoms with Crippen LogP contribution < -0.4 is 0 Å². The number of piperidine rings is 1. The van der Waals surface area contributed by atoms with Crippen molar-refractivity contribution in [3.63, 3.8) is 0 Å². The molecule has 2 nitrogen and oxygen atoms in total. The average molecular weight is 310 g/mol. The standard InChI is InChI=1S/C13H15Cl2F2NO/c14-11-2-1-9(5-12(11)15)6-18-4-3-13(16,17)10(7-18)8-19/h1-2,5,10,19H,3-4,6-8H2. The van der Waals surface area contributed by atoms with E-state index in [0.717, 1.165) is 5.56 Å². The number of hydrogen-bond acceptors (Lipinski definition) is 2. The summed E-state index contributed by atoms with van der Waals surface area (Å²) in [6.07, 6.45) is -0.223.